The maximum Gasteiger partial charge on any atom is 0.0529 e. The fraction of sp³-hybridized carbons (Fsp3) is 0.0286. The summed E-state index contributed by atoms with van der Waals surface area (Å²) in [4.78, 5) is 0. The van der Waals surface area contributed by atoms with Crippen LogP contribution in [0.2, 0.25) is 0 Å². The zero-order valence-electron chi connectivity index (χ0n) is 70.0. The van der Waals surface area contributed by atoms with Crippen LogP contribution >= 0.6 is 0 Å². The predicted octanol–water partition coefficient (Wildman–Crippen LogP) is 38.5. The van der Waals surface area contributed by atoms with Gasteiger partial charge in [0, 0.05) is 0 Å². The molecule has 560 valence electrons. The summed E-state index contributed by atoms with van der Waals surface area (Å²) in [6, 6.07) is 0. The number of benzene rings is 46. The van der Waals surface area contributed by atoms with Gasteiger partial charge in [-0.3, -0.25) is 0 Å². The van der Waals surface area contributed by atoms with Crippen LogP contribution in [0.1, 0.15) is 44.5 Å². The first kappa shape index (κ1) is 47.7. The highest BCUT2D eigenvalue weighted by Crippen LogP contribution is 3.03. The first-order valence-corrected chi connectivity index (χ1v) is 53.0. The Balaban J connectivity index is 0.758. The minimum atomic E-state index is -0.678. The Bertz CT molecular complexity index is 17100. The topological polar surface area (TPSA) is 0 Å². The number of hydrogen-bond donors (Lipinski definition) is 0. The van der Waals surface area contributed by atoms with E-state index in [1.165, 1.54) is 0 Å². The molecule has 140 heavy (non-hydrogen) atoms. The third kappa shape index (κ3) is 2.28. The van der Waals surface area contributed by atoms with Crippen LogP contribution in [-0.4, -0.2) is 0 Å². The van der Waals surface area contributed by atoms with Gasteiger partial charge in [0.25, 0.3) is 0 Å². The van der Waals surface area contributed by atoms with Crippen LogP contribution in [0, 0.1) is 0 Å². The van der Waals surface area contributed by atoms with Crippen molar-refractivity contribution in [3.63, 3.8) is 0 Å². The molecule has 66 aromatic rings. The summed E-state index contributed by atoms with van der Waals surface area (Å²) in [5, 5.41) is 219. The Morgan fingerprint density at radius 2 is 0.0643 bits per heavy atom. The molecule has 4 spiro atoms. The van der Waals surface area contributed by atoms with E-state index in [-0.39, 0.29) is 0 Å². The second kappa shape index (κ2) is 10.2. The van der Waals surface area contributed by atoms with Gasteiger partial charge >= 0.3 is 0 Å². The van der Waals surface area contributed by atoms with Gasteiger partial charge in [0.05, 0.1) is 21.7 Å². The van der Waals surface area contributed by atoms with Crippen molar-refractivity contribution in [2.75, 3.05) is 0 Å². The molecule has 0 unspecified atom stereocenters. The third-order valence-electron chi connectivity index (χ3n) is 55.2. The van der Waals surface area contributed by atoms with Gasteiger partial charge in [-0.25, -0.2) is 0 Å². The molecule has 0 aromatic heterocycles. The Morgan fingerprint density at radius 3 is 0.100 bits per heavy atom. The van der Waals surface area contributed by atoms with Crippen molar-refractivity contribution < 1.29 is 0 Å². The smallest absolute Gasteiger partial charge is 0.0177 e. The van der Waals surface area contributed by atoms with Crippen molar-refractivity contribution in [2.45, 2.75) is 21.7 Å². The van der Waals surface area contributed by atoms with Crippen molar-refractivity contribution in [1.82, 2.24) is 0 Å². The highest BCUT2D eigenvalue weighted by molar-refractivity contribution is 6.91. The van der Waals surface area contributed by atoms with Gasteiger partial charge < -0.3 is 0 Å². The first-order valence-electron chi connectivity index (χ1n) is 53.0. The molecule has 0 bridgehead atoms. The standard InChI is InChI=1S/C140/c1-2-6-10-9-5(1)17-31-21(9)39-40-22(10)32-18(6)36-28-14(2)25-13(1)27-35(17)49-65-45(27)57-43(25)58-46(28)66-50(36)70-54(32)74-62(40)82-81-61(39)73-53(31)69(49)93-105-85(65)97-77(57)78(58)98-86(66)106-94(70)110-90(74)102(82)118-117-101(81)89(73)109(93)125-121(105)129-113(97)114(98)130-122(106)126(110)134(118)139(133(117)125)137(129,130)140-135-119-103-83-63-41-23-11-7-3-4-8-12(11)24-34-20(8)38-30-16(4)26-15(3)29-37-19(7)33(23)55-71-51(37)67-47(29)59-44(26)60-48(30)68-52(38)72-56(34)76-64(42(24)41)84(83)104-92(76)112-96(72)108-88(68)100-80(60)79(59)99-87(67)107-95(71)111(91(103)75(55)63)127(135)123(107)131-115(99)116(100)132(138(131,139)140)124(108)128(112)136(140)120(104)119. The molecule has 0 amide bonds. The molecule has 0 nitrogen and oxygen atoms in total. The summed E-state index contributed by atoms with van der Waals surface area (Å²) in [5.74, 6) is 0. The molecule has 0 heteroatoms. The van der Waals surface area contributed by atoms with Gasteiger partial charge in [0.2, 0.25) is 0 Å². The van der Waals surface area contributed by atoms with Crippen molar-refractivity contribution in [3.8, 4) is 0 Å². The van der Waals surface area contributed by atoms with E-state index in [0.29, 0.717) is 0 Å². The summed E-state index contributed by atoms with van der Waals surface area (Å²) >= 11 is 0. The normalized spacial score (nSPS) is 23.0. The lowest BCUT2D eigenvalue weighted by molar-refractivity contribution is -0.0423. The lowest BCUT2D eigenvalue weighted by Gasteiger charge is -2.84. The van der Waals surface area contributed by atoms with Crippen molar-refractivity contribution in [3.05, 3.63) is 44.5 Å². The van der Waals surface area contributed by atoms with Gasteiger partial charge in [0.1, 0.15) is 0 Å². The van der Waals surface area contributed by atoms with E-state index in [4.69, 9.17) is 0 Å². The third-order valence-corrected chi connectivity index (χ3v) is 55.2. The minimum Gasteiger partial charge on any atom is -0.0177 e. The largest absolute Gasteiger partial charge is 0.0529 e. The summed E-state index contributed by atoms with van der Waals surface area (Å²) in [5.41, 5.74) is 12.4. The van der Waals surface area contributed by atoms with Gasteiger partial charge in [-0.1, -0.05) is 0 Å². The maximum atomic E-state index is 1.89. The number of rotatable bonds is 0. The Morgan fingerprint density at radius 1 is 0.0357 bits per heavy atom. The first-order chi connectivity index (χ1) is 70.0. The zero-order chi connectivity index (χ0) is 80.5. The molecule has 0 N–H and O–H groups in total. The average Bonchev–Trinajstić information content (AvgIpc) is 1.31. The van der Waals surface area contributed by atoms with E-state index in [1.54, 1.807) is 689 Å². The lowest BCUT2D eigenvalue weighted by Crippen LogP contribution is -2.89. The van der Waals surface area contributed by atoms with E-state index >= 15 is 0 Å². The second-order valence-electron chi connectivity index (χ2n) is 54.0. The average molecular weight is 1680 g/mol. The molecule has 1 fully saturated rings. The van der Waals surface area contributed by atoms with Crippen molar-refractivity contribution in [2.24, 2.45) is 0 Å². The molecule has 0 atom stereocenters. The lowest BCUT2D eigenvalue weighted by atomic mass is 9.14. The molecule has 1 saturated carbocycles. The quantitative estimate of drug-likeness (QED) is 0.105. The highest BCUT2D eigenvalue weighted by Gasteiger charge is 2.98. The van der Waals surface area contributed by atoms with Crippen LogP contribution < -0.4 is 0 Å². The van der Waals surface area contributed by atoms with Crippen LogP contribution in [0.15, 0.2) is 0 Å². The van der Waals surface area contributed by atoms with Gasteiger partial charge in [0.15, 0.2) is 0 Å². The van der Waals surface area contributed by atoms with Crippen LogP contribution in [0.5, 0.6) is 0 Å². The summed E-state index contributed by atoms with van der Waals surface area (Å²) in [6.07, 6.45) is 0. The van der Waals surface area contributed by atoms with E-state index in [0.717, 1.165) is 0 Å². The van der Waals surface area contributed by atoms with Crippen LogP contribution in [0.4, 0.5) is 0 Å². The van der Waals surface area contributed by atoms with E-state index < -0.39 is 21.7 Å². The predicted molar refractivity (Wildman–Crippen MR) is 595 cm³/mol. The molecule has 0 radical (unpaired) electrons. The Kier molecular flexibility index (Phi) is 3.48. The monoisotopic (exact) mass is 1680 g/mol. The minimum absolute atomic E-state index is 0.677. The fourth-order valence-electron chi connectivity index (χ4n) is 56.6. The van der Waals surface area contributed by atoms with Crippen molar-refractivity contribution in [1.29, 1.82) is 0 Å². The molecular weight excluding hydrogens is 1680 g/mol. The Hall–Kier alpha value is -17.7. The van der Waals surface area contributed by atoms with Gasteiger partial charge in [-0.05, 0) is 734 Å². The van der Waals surface area contributed by atoms with Gasteiger partial charge in [-0.15, -0.1) is 0 Å². The van der Waals surface area contributed by atoms with Crippen LogP contribution in [0.25, 0.3) is 689 Å². The molecule has 0 saturated heterocycles. The fourth-order valence-corrected chi connectivity index (χ4v) is 56.6. The zero-order valence-corrected chi connectivity index (χ0v) is 70.0. The summed E-state index contributed by atoms with van der Waals surface area (Å²) in [6.45, 7) is 0. The number of hydrogen-bond acceptors (Lipinski definition) is 0. The Labute approximate surface area is 749 Å². The van der Waals surface area contributed by atoms with E-state index in [2.05, 4.69) is 0 Å². The molecule has 9 aliphatic carbocycles. The van der Waals surface area contributed by atoms with Gasteiger partial charge in [-0.2, -0.15) is 0 Å². The molecular formula is C140. The highest BCUT2D eigenvalue weighted by atomic mass is 15.0. The van der Waals surface area contributed by atoms with Crippen LogP contribution in [0.3, 0.4) is 0 Å². The molecule has 9 aliphatic rings. The molecule has 75 rings (SSSR count). The summed E-state index contributed by atoms with van der Waals surface area (Å²) in [7, 11) is 0. The SMILES string of the molecule is c12c3c4c5c6c7c8c9c%10c(c%11c1c1c%12c3c3c4c4c6c6c%13c7c7c9c9c%10c%10c%11c%11c1c1c%14c%12c%12c3c3c4c6c4c6c%13c7c7c9c9c%10c%10c%11c1c1c%11c%14c%12c%12c3c4c3c4c6c7c6c9c%10c1c(c64)c%11c%123)C21C58C23c4c5c6c7c8c9c(c%10c%11c2c2c4c4c%12c5c5c6c6c8c8c%13c9c9c%10c%10c%11c%11c2c2c4c4c%14c%12c%12c5c5c6c8c6c8c%13c9c9c%10c%10c%11c%11c2c4c2c4c%14c%12c%12c5c6c5c6c8c9c8c%10c%11c2c(c86)c4c%125)C713. The van der Waals surface area contributed by atoms with Crippen LogP contribution in [-0.2, 0) is 21.7 Å². The molecule has 66 aromatic carbocycles. The molecule has 0 aliphatic heterocycles. The second-order valence-corrected chi connectivity index (χ2v) is 54.0. The van der Waals surface area contributed by atoms with E-state index in [9.17, 15) is 0 Å². The molecule has 0 heterocycles. The maximum absolute atomic E-state index is 1.89. The van der Waals surface area contributed by atoms with Crippen molar-refractivity contribution >= 4 is 689 Å². The summed E-state index contributed by atoms with van der Waals surface area (Å²) < 4.78 is 0. The van der Waals surface area contributed by atoms with E-state index in [1.807, 2.05) is 44.5 Å².